The maximum Gasteiger partial charge on any atom is 0.272 e. The van der Waals surface area contributed by atoms with Crippen LogP contribution in [0.25, 0.3) is 0 Å². The summed E-state index contributed by atoms with van der Waals surface area (Å²) in [6.07, 6.45) is 6.41. The van der Waals surface area contributed by atoms with Gasteiger partial charge in [-0.25, -0.2) is 0 Å². The van der Waals surface area contributed by atoms with Crippen molar-refractivity contribution in [2.45, 2.75) is 38.5 Å². The van der Waals surface area contributed by atoms with Crippen LogP contribution in [0.3, 0.4) is 0 Å². The molecule has 0 saturated heterocycles. The minimum atomic E-state index is -0.568. The third kappa shape index (κ3) is 3.13. The molecule has 4 saturated carbocycles. The van der Waals surface area contributed by atoms with Gasteiger partial charge in [0.1, 0.15) is 0 Å². The van der Waals surface area contributed by atoms with Gasteiger partial charge in [0, 0.05) is 24.9 Å². The lowest BCUT2D eigenvalue weighted by Gasteiger charge is -2.55. The summed E-state index contributed by atoms with van der Waals surface area (Å²) in [4.78, 5) is 35.9. The lowest BCUT2D eigenvalue weighted by Crippen LogP contribution is -2.56. The Morgan fingerprint density at radius 1 is 1.07 bits per heavy atom. The highest BCUT2D eigenvalue weighted by Crippen LogP contribution is 2.60. The zero-order chi connectivity index (χ0) is 19.2. The summed E-state index contributed by atoms with van der Waals surface area (Å²) < 4.78 is 0. The summed E-state index contributed by atoms with van der Waals surface area (Å²) in [5, 5.41) is 13.8. The number of rotatable bonds is 4. The van der Waals surface area contributed by atoms with E-state index in [0.29, 0.717) is 23.4 Å². The first-order valence-corrected chi connectivity index (χ1v) is 9.47. The predicted octanol–water partition coefficient (Wildman–Crippen LogP) is 2.61. The first-order chi connectivity index (χ1) is 12.9. The van der Waals surface area contributed by atoms with E-state index in [1.165, 1.54) is 37.5 Å². The van der Waals surface area contributed by atoms with Crippen molar-refractivity contribution < 1.29 is 14.5 Å². The Labute approximate surface area is 157 Å². The molecule has 1 aromatic carbocycles. The van der Waals surface area contributed by atoms with E-state index in [9.17, 15) is 19.7 Å². The van der Waals surface area contributed by atoms with Gasteiger partial charge in [-0.05, 0) is 62.3 Å². The quantitative estimate of drug-likeness (QED) is 0.555. The first kappa shape index (κ1) is 17.8. The fourth-order valence-corrected chi connectivity index (χ4v) is 5.75. The minimum absolute atomic E-state index is 0.119. The molecule has 27 heavy (non-hydrogen) atoms. The van der Waals surface area contributed by atoms with E-state index in [1.807, 2.05) is 0 Å². The predicted molar refractivity (Wildman–Crippen MR) is 98.9 cm³/mol. The van der Waals surface area contributed by atoms with Gasteiger partial charge in [-0.15, -0.1) is 0 Å². The van der Waals surface area contributed by atoms with E-state index in [2.05, 4.69) is 16.2 Å². The summed E-state index contributed by atoms with van der Waals surface area (Å²) >= 11 is 0. The van der Waals surface area contributed by atoms with Crippen LogP contribution >= 0.6 is 0 Å². The second kappa shape index (κ2) is 6.51. The Kier molecular flexibility index (Phi) is 4.28. The molecule has 0 radical (unpaired) electrons. The lowest BCUT2D eigenvalue weighted by molar-refractivity contribution is -0.384. The van der Waals surface area contributed by atoms with Crippen molar-refractivity contribution in [2.75, 3.05) is 12.4 Å². The number of hydrogen-bond donors (Lipinski definition) is 3. The van der Waals surface area contributed by atoms with Gasteiger partial charge in [0.05, 0.1) is 15.9 Å². The standard InChI is InChI=1S/C19H24N4O4/c1-20-16-3-2-14(23(26)27)7-15(16)17(24)21-22-18(25)19-8-11-4-12(9-19)6-13(5-11)10-19/h2-3,7,11-13,20H,4-6,8-10H2,1H3,(H,21,24)(H,22,25). The molecule has 4 bridgehead atoms. The Morgan fingerprint density at radius 2 is 1.67 bits per heavy atom. The van der Waals surface area contributed by atoms with Crippen LogP contribution in [0.1, 0.15) is 48.9 Å². The summed E-state index contributed by atoms with van der Waals surface area (Å²) in [6, 6.07) is 4.02. The van der Waals surface area contributed by atoms with Gasteiger partial charge >= 0.3 is 0 Å². The van der Waals surface area contributed by atoms with Gasteiger partial charge < -0.3 is 5.32 Å². The summed E-state index contributed by atoms with van der Waals surface area (Å²) in [5.41, 5.74) is 5.11. The van der Waals surface area contributed by atoms with Gasteiger partial charge in [0.2, 0.25) is 5.91 Å². The fourth-order valence-electron chi connectivity index (χ4n) is 5.75. The molecular formula is C19H24N4O4. The number of non-ortho nitro benzene ring substituents is 1. The third-order valence-electron chi connectivity index (χ3n) is 6.54. The molecule has 0 unspecified atom stereocenters. The van der Waals surface area contributed by atoms with Crippen LogP contribution < -0.4 is 16.2 Å². The zero-order valence-corrected chi connectivity index (χ0v) is 15.3. The van der Waals surface area contributed by atoms with Crippen molar-refractivity contribution in [2.24, 2.45) is 23.2 Å². The summed E-state index contributed by atoms with van der Waals surface area (Å²) in [7, 11) is 1.63. The molecule has 8 heteroatoms. The smallest absolute Gasteiger partial charge is 0.272 e. The number of nitrogens with zero attached hydrogens (tertiary/aromatic N) is 1. The second-order valence-corrected chi connectivity index (χ2v) is 8.34. The number of anilines is 1. The van der Waals surface area contributed by atoms with Crippen LogP contribution in [0.2, 0.25) is 0 Å². The number of benzene rings is 1. The van der Waals surface area contributed by atoms with Crippen LogP contribution in [0.15, 0.2) is 18.2 Å². The third-order valence-corrected chi connectivity index (χ3v) is 6.54. The van der Waals surface area contributed by atoms with Crippen LogP contribution in [0.5, 0.6) is 0 Å². The maximum atomic E-state index is 12.9. The maximum absolute atomic E-state index is 12.9. The molecule has 0 aliphatic heterocycles. The molecule has 0 heterocycles. The Bertz CT molecular complexity index is 772. The number of carbonyl (C=O) groups excluding carboxylic acids is 2. The highest BCUT2D eigenvalue weighted by Gasteiger charge is 2.54. The number of nitrogens with one attached hydrogen (secondary N) is 3. The van der Waals surface area contributed by atoms with Gasteiger partial charge in [0.15, 0.2) is 0 Å². The molecule has 4 aliphatic rings. The molecule has 0 aromatic heterocycles. The number of nitro benzene ring substituents is 1. The van der Waals surface area contributed by atoms with Gasteiger partial charge in [-0.3, -0.25) is 30.6 Å². The average molecular weight is 372 g/mol. The minimum Gasteiger partial charge on any atom is -0.387 e. The molecule has 1 aromatic rings. The molecule has 2 amide bonds. The second-order valence-electron chi connectivity index (χ2n) is 8.34. The SMILES string of the molecule is CNc1ccc([N+](=O)[O-])cc1C(=O)NNC(=O)C12CC3CC(CC(C3)C1)C2. The van der Waals surface area contributed by atoms with Crippen molar-refractivity contribution in [1.82, 2.24) is 10.9 Å². The lowest BCUT2D eigenvalue weighted by atomic mass is 9.49. The number of carbonyl (C=O) groups is 2. The zero-order valence-electron chi connectivity index (χ0n) is 15.3. The molecule has 0 spiro atoms. The van der Waals surface area contributed by atoms with Crippen molar-refractivity contribution in [3.05, 3.63) is 33.9 Å². The molecular weight excluding hydrogens is 348 g/mol. The van der Waals surface area contributed by atoms with Crippen molar-refractivity contribution in [1.29, 1.82) is 0 Å². The number of hydrazine groups is 1. The van der Waals surface area contributed by atoms with Crippen molar-refractivity contribution >= 4 is 23.2 Å². The number of hydrogen-bond acceptors (Lipinski definition) is 5. The Balaban J connectivity index is 1.46. The van der Waals surface area contributed by atoms with Crippen LogP contribution in [-0.4, -0.2) is 23.8 Å². The summed E-state index contributed by atoms with van der Waals surface area (Å²) in [5.74, 6) is 1.20. The van der Waals surface area contributed by atoms with Crippen molar-refractivity contribution in [3.63, 3.8) is 0 Å². The van der Waals surface area contributed by atoms with Crippen LogP contribution in [-0.2, 0) is 4.79 Å². The van der Waals surface area contributed by atoms with E-state index in [0.717, 1.165) is 19.3 Å². The average Bonchev–Trinajstić information content (AvgIpc) is 2.64. The molecule has 4 fully saturated rings. The molecule has 3 N–H and O–H groups in total. The van der Waals surface area contributed by atoms with Crippen molar-refractivity contribution in [3.8, 4) is 0 Å². The van der Waals surface area contributed by atoms with E-state index >= 15 is 0 Å². The topological polar surface area (TPSA) is 113 Å². The Morgan fingerprint density at radius 3 is 2.19 bits per heavy atom. The number of nitro groups is 1. The first-order valence-electron chi connectivity index (χ1n) is 9.47. The van der Waals surface area contributed by atoms with Gasteiger partial charge in [-0.1, -0.05) is 0 Å². The van der Waals surface area contributed by atoms with Gasteiger partial charge in [0.25, 0.3) is 11.6 Å². The normalized spacial score (nSPS) is 30.6. The van der Waals surface area contributed by atoms with Crippen LogP contribution in [0, 0.1) is 33.3 Å². The van der Waals surface area contributed by atoms with E-state index in [1.54, 1.807) is 7.05 Å². The summed E-state index contributed by atoms with van der Waals surface area (Å²) in [6.45, 7) is 0. The monoisotopic (exact) mass is 372 g/mol. The highest BCUT2D eigenvalue weighted by molar-refractivity contribution is 6.01. The molecule has 8 nitrogen and oxygen atoms in total. The highest BCUT2D eigenvalue weighted by atomic mass is 16.6. The van der Waals surface area contributed by atoms with E-state index in [-0.39, 0.29) is 22.6 Å². The van der Waals surface area contributed by atoms with E-state index in [4.69, 9.17) is 0 Å². The fraction of sp³-hybridized carbons (Fsp3) is 0.579. The molecule has 0 atom stereocenters. The largest absolute Gasteiger partial charge is 0.387 e. The van der Waals surface area contributed by atoms with E-state index < -0.39 is 10.8 Å². The van der Waals surface area contributed by atoms with Crippen LogP contribution in [0.4, 0.5) is 11.4 Å². The molecule has 4 aliphatic carbocycles. The molecule has 5 rings (SSSR count). The molecule has 144 valence electrons. The van der Waals surface area contributed by atoms with Gasteiger partial charge in [-0.2, -0.15) is 0 Å². The Hall–Kier alpha value is -2.64. The number of amides is 2.